The molecule has 2 rings (SSSR count). The molecule has 104 valence electrons. The third-order valence-electron chi connectivity index (χ3n) is 3.92. The summed E-state index contributed by atoms with van der Waals surface area (Å²) < 4.78 is 0. The number of aryl methyl sites for hydroxylation is 3. The molecule has 1 aliphatic heterocycles. The summed E-state index contributed by atoms with van der Waals surface area (Å²) in [6.45, 7) is 7.47. The average molecular weight is 261 g/mol. The molecule has 0 bridgehead atoms. The maximum Gasteiger partial charge on any atom is 0.227 e. The van der Waals surface area contributed by atoms with Crippen LogP contribution in [0.15, 0.2) is 12.1 Å². The number of amides is 1. The van der Waals surface area contributed by atoms with Crippen LogP contribution in [0.2, 0.25) is 0 Å². The highest BCUT2D eigenvalue weighted by molar-refractivity contribution is 5.79. The lowest BCUT2D eigenvalue weighted by atomic mass is 9.96. The lowest BCUT2D eigenvalue weighted by molar-refractivity contribution is -0.133. The van der Waals surface area contributed by atoms with Gasteiger partial charge in [-0.1, -0.05) is 17.7 Å². The number of hydrogen-bond acceptors (Lipinski definition) is 2. The summed E-state index contributed by atoms with van der Waals surface area (Å²) >= 11 is 0. The third kappa shape index (κ3) is 3.35. The van der Waals surface area contributed by atoms with Crippen LogP contribution in [0.4, 0.5) is 0 Å². The number of β-amino-alcohol motifs (C(OH)–C–C–N with tert-alkyl or cyclic N) is 1. The first-order chi connectivity index (χ1) is 8.97. The van der Waals surface area contributed by atoms with E-state index >= 15 is 0 Å². The molecule has 0 saturated carbocycles. The van der Waals surface area contributed by atoms with Gasteiger partial charge in [-0.2, -0.15) is 0 Å². The number of rotatable bonds is 2. The second-order valence-corrected chi connectivity index (χ2v) is 5.69. The Balaban J connectivity index is 2.10. The molecule has 1 atom stereocenters. The van der Waals surface area contributed by atoms with Gasteiger partial charge in [0.05, 0.1) is 12.5 Å². The van der Waals surface area contributed by atoms with Crippen molar-refractivity contribution < 1.29 is 9.90 Å². The number of piperidine rings is 1. The van der Waals surface area contributed by atoms with Crippen LogP contribution in [0.5, 0.6) is 0 Å². The van der Waals surface area contributed by atoms with Gasteiger partial charge in [-0.05, 0) is 50.3 Å². The van der Waals surface area contributed by atoms with Gasteiger partial charge in [-0.15, -0.1) is 0 Å². The molecule has 0 aromatic heterocycles. The quantitative estimate of drug-likeness (QED) is 0.886. The molecule has 1 aromatic rings. The topological polar surface area (TPSA) is 40.5 Å². The lowest BCUT2D eigenvalue weighted by Crippen LogP contribution is -2.43. The number of likely N-dealkylation sites (tertiary alicyclic amines) is 1. The fraction of sp³-hybridized carbons (Fsp3) is 0.562. The number of nitrogens with zero attached hydrogens (tertiary/aromatic N) is 1. The zero-order chi connectivity index (χ0) is 14.0. The summed E-state index contributed by atoms with van der Waals surface area (Å²) in [5.74, 6) is 0.133. The van der Waals surface area contributed by atoms with Crippen molar-refractivity contribution in [2.24, 2.45) is 0 Å². The zero-order valence-corrected chi connectivity index (χ0v) is 12.1. The molecule has 0 aliphatic carbocycles. The highest BCUT2D eigenvalue weighted by Gasteiger charge is 2.22. The summed E-state index contributed by atoms with van der Waals surface area (Å²) in [6, 6.07) is 4.25. The van der Waals surface area contributed by atoms with Crippen LogP contribution < -0.4 is 0 Å². The second-order valence-electron chi connectivity index (χ2n) is 5.69. The largest absolute Gasteiger partial charge is 0.391 e. The van der Waals surface area contributed by atoms with Gasteiger partial charge in [0.2, 0.25) is 5.91 Å². The molecule has 1 N–H and O–H groups in total. The van der Waals surface area contributed by atoms with E-state index in [2.05, 4.69) is 32.9 Å². The first-order valence-electron chi connectivity index (χ1n) is 7.00. The van der Waals surface area contributed by atoms with E-state index in [1.54, 1.807) is 4.90 Å². The highest BCUT2D eigenvalue weighted by atomic mass is 16.3. The van der Waals surface area contributed by atoms with Gasteiger partial charge in [0.1, 0.15) is 0 Å². The average Bonchev–Trinajstić information content (AvgIpc) is 2.33. The van der Waals surface area contributed by atoms with Crippen molar-refractivity contribution in [1.29, 1.82) is 0 Å². The van der Waals surface area contributed by atoms with Crippen molar-refractivity contribution >= 4 is 5.91 Å². The molecular weight excluding hydrogens is 238 g/mol. The molecule has 1 heterocycles. The molecule has 1 aromatic carbocycles. The third-order valence-corrected chi connectivity index (χ3v) is 3.92. The lowest BCUT2D eigenvalue weighted by Gasteiger charge is -2.30. The van der Waals surface area contributed by atoms with E-state index in [9.17, 15) is 9.90 Å². The predicted molar refractivity (Wildman–Crippen MR) is 76.2 cm³/mol. The van der Waals surface area contributed by atoms with Gasteiger partial charge in [0.15, 0.2) is 0 Å². The standard InChI is InChI=1S/C16H23NO2/c1-11-7-12(2)15(13(3)8-11)9-16(19)17-6-4-5-14(18)10-17/h7-8,14,18H,4-6,9-10H2,1-3H3. The number of aliphatic hydroxyl groups excluding tert-OH is 1. The van der Waals surface area contributed by atoms with Gasteiger partial charge < -0.3 is 10.0 Å². The maximum absolute atomic E-state index is 12.3. The Bertz CT molecular complexity index is 459. The summed E-state index contributed by atoms with van der Waals surface area (Å²) in [4.78, 5) is 14.1. The van der Waals surface area contributed by atoms with Crippen LogP contribution in [-0.4, -0.2) is 35.1 Å². The minimum absolute atomic E-state index is 0.133. The van der Waals surface area contributed by atoms with Crippen LogP contribution in [0, 0.1) is 20.8 Å². The Morgan fingerprint density at radius 1 is 1.32 bits per heavy atom. The molecule has 0 radical (unpaired) electrons. The molecule has 1 saturated heterocycles. The number of carbonyl (C=O) groups is 1. The fourth-order valence-electron chi connectivity index (χ4n) is 2.93. The van der Waals surface area contributed by atoms with Crippen molar-refractivity contribution in [3.05, 3.63) is 34.4 Å². The van der Waals surface area contributed by atoms with Gasteiger partial charge in [-0.25, -0.2) is 0 Å². The highest BCUT2D eigenvalue weighted by Crippen LogP contribution is 2.19. The molecule has 3 heteroatoms. The van der Waals surface area contributed by atoms with Crippen LogP contribution >= 0.6 is 0 Å². The molecule has 0 spiro atoms. The predicted octanol–water partition coefficient (Wildman–Crippen LogP) is 2.14. The monoisotopic (exact) mass is 261 g/mol. The van der Waals surface area contributed by atoms with E-state index in [4.69, 9.17) is 0 Å². The van der Waals surface area contributed by atoms with Gasteiger partial charge in [0.25, 0.3) is 0 Å². The Labute approximate surface area is 115 Å². The van der Waals surface area contributed by atoms with Crippen LogP contribution in [0.3, 0.4) is 0 Å². The van der Waals surface area contributed by atoms with E-state index in [-0.39, 0.29) is 12.0 Å². The molecule has 1 unspecified atom stereocenters. The van der Waals surface area contributed by atoms with E-state index in [0.29, 0.717) is 13.0 Å². The van der Waals surface area contributed by atoms with Gasteiger partial charge >= 0.3 is 0 Å². The summed E-state index contributed by atoms with van der Waals surface area (Å²) in [5.41, 5.74) is 4.74. The molecule has 3 nitrogen and oxygen atoms in total. The SMILES string of the molecule is Cc1cc(C)c(CC(=O)N2CCCC(O)C2)c(C)c1. The van der Waals surface area contributed by atoms with Crippen LogP contribution in [0.1, 0.15) is 35.1 Å². The van der Waals surface area contributed by atoms with E-state index < -0.39 is 0 Å². The van der Waals surface area contributed by atoms with E-state index in [1.807, 2.05) is 0 Å². The van der Waals surface area contributed by atoms with Crippen molar-refractivity contribution in [2.75, 3.05) is 13.1 Å². The maximum atomic E-state index is 12.3. The summed E-state index contributed by atoms with van der Waals surface area (Å²) in [5, 5.41) is 9.65. The van der Waals surface area contributed by atoms with Gasteiger partial charge in [0, 0.05) is 13.1 Å². The zero-order valence-electron chi connectivity index (χ0n) is 12.1. The molecule has 1 fully saturated rings. The smallest absolute Gasteiger partial charge is 0.227 e. The molecule has 1 amide bonds. The van der Waals surface area contributed by atoms with E-state index in [1.165, 1.54) is 16.7 Å². The summed E-state index contributed by atoms with van der Waals surface area (Å²) in [7, 11) is 0. The Morgan fingerprint density at radius 3 is 2.53 bits per heavy atom. The Hall–Kier alpha value is -1.35. The minimum Gasteiger partial charge on any atom is -0.391 e. The second kappa shape index (κ2) is 5.74. The number of benzene rings is 1. The Kier molecular flexibility index (Phi) is 4.25. The first-order valence-corrected chi connectivity index (χ1v) is 7.00. The number of carbonyl (C=O) groups excluding carboxylic acids is 1. The summed E-state index contributed by atoms with van der Waals surface area (Å²) in [6.07, 6.45) is 1.81. The first kappa shape index (κ1) is 14.1. The fourth-order valence-corrected chi connectivity index (χ4v) is 2.93. The molecule has 19 heavy (non-hydrogen) atoms. The van der Waals surface area contributed by atoms with Crippen molar-refractivity contribution in [2.45, 2.75) is 46.1 Å². The number of aliphatic hydroxyl groups is 1. The van der Waals surface area contributed by atoms with Crippen molar-refractivity contribution in [3.8, 4) is 0 Å². The molecular formula is C16H23NO2. The van der Waals surface area contributed by atoms with E-state index in [0.717, 1.165) is 24.9 Å². The Morgan fingerprint density at radius 2 is 1.95 bits per heavy atom. The molecule has 1 aliphatic rings. The normalized spacial score (nSPS) is 19.6. The van der Waals surface area contributed by atoms with Crippen molar-refractivity contribution in [3.63, 3.8) is 0 Å². The van der Waals surface area contributed by atoms with Crippen LogP contribution in [-0.2, 0) is 11.2 Å². The van der Waals surface area contributed by atoms with Crippen molar-refractivity contribution in [1.82, 2.24) is 4.90 Å². The van der Waals surface area contributed by atoms with Gasteiger partial charge in [-0.3, -0.25) is 4.79 Å². The number of hydrogen-bond donors (Lipinski definition) is 1. The minimum atomic E-state index is -0.349. The van der Waals surface area contributed by atoms with Crippen LogP contribution in [0.25, 0.3) is 0 Å².